The summed E-state index contributed by atoms with van der Waals surface area (Å²) < 4.78 is 0. The Morgan fingerprint density at radius 2 is 1.93 bits per heavy atom. The summed E-state index contributed by atoms with van der Waals surface area (Å²) in [6.07, 6.45) is 1.94. The molecule has 0 heterocycles. The van der Waals surface area contributed by atoms with E-state index < -0.39 is 0 Å². The maximum Gasteiger partial charge on any atom is 0.225 e. The van der Waals surface area contributed by atoms with Gasteiger partial charge in [0.2, 0.25) is 5.91 Å². The topological polar surface area (TPSA) is 33.5 Å². The second-order valence-electron chi connectivity index (χ2n) is 4.80. The molecule has 0 aromatic rings. The van der Waals surface area contributed by atoms with Crippen LogP contribution in [0.2, 0.25) is 0 Å². The first-order valence-electron chi connectivity index (χ1n) is 5.47. The van der Waals surface area contributed by atoms with Crippen LogP contribution in [-0.2, 0) is 4.79 Å². The van der Waals surface area contributed by atoms with E-state index in [2.05, 4.69) is 19.4 Å². The highest BCUT2D eigenvalue weighted by Crippen LogP contribution is 2.18. The molecule has 0 radical (unpaired) electrons. The molecule has 0 aliphatic carbocycles. The van der Waals surface area contributed by atoms with E-state index in [1.807, 2.05) is 20.8 Å². The zero-order valence-corrected chi connectivity index (χ0v) is 10.2. The Balaban J connectivity index is 3.64. The number of nitrogens with one attached hydrogen (secondary N) is 2. The number of amides is 1. The van der Waals surface area contributed by atoms with Crippen LogP contribution in [0.25, 0.3) is 0 Å². The standard InChI is InChI=1S/C11H24N2O/c1-6-11(2,3)10(14)12-8-7-9-13(4)5/h6-9H2,1-5H3,(H,12,14)/p+1. The van der Waals surface area contributed by atoms with Crippen LogP contribution in [0.5, 0.6) is 0 Å². The van der Waals surface area contributed by atoms with E-state index in [0.717, 1.165) is 25.9 Å². The lowest BCUT2D eigenvalue weighted by atomic mass is 9.89. The average molecular weight is 201 g/mol. The molecular weight excluding hydrogens is 176 g/mol. The van der Waals surface area contributed by atoms with Crippen molar-refractivity contribution in [2.45, 2.75) is 33.6 Å². The van der Waals surface area contributed by atoms with Crippen molar-refractivity contribution in [1.82, 2.24) is 5.32 Å². The predicted octanol–water partition coefficient (Wildman–Crippen LogP) is 0.0734. The van der Waals surface area contributed by atoms with Crippen molar-refractivity contribution in [2.24, 2.45) is 5.41 Å². The summed E-state index contributed by atoms with van der Waals surface area (Å²) >= 11 is 0. The number of quaternary nitrogens is 1. The molecule has 0 aromatic heterocycles. The summed E-state index contributed by atoms with van der Waals surface area (Å²) in [5.74, 6) is 0.175. The molecule has 84 valence electrons. The van der Waals surface area contributed by atoms with Crippen LogP contribution in [0.3, 0.4) is 0 Å². The van der Waals surface area contributed by atoms with E-state index in [1.165, 1.54) is 4.90 Å². The average Bonchev–Trinajstić information content (AvgIpc) is 2.11. The Morgan fingerprint density at radius 3 is 2.36 bits per heavy atom. The molecule has 0 aliphatic heterocycles. The lowest BCUT2D eigenvalue weighted by Gasteiger charge is -2.21. The van der Waals surface area contributed by atoms with Crippen LogP contribution in [0.4, 0.5) is 0 Å². The largest absolute Gasteiger partial charge is 0.355 e. The number of hydrogen-bond donors (Lipinski definition) is 2. The van der Waals surface area contributed by atoms with E-state index in [4.69, 9.17) is 0 Å². The minimum absolute atomic E-state index is 0.175. The molecule has 0 aliphatic rings. The molecule has 1 amide bonds. The SMILES string of the molecule is CCC(C)(C)C(=O)NCCC[NH+](C)C. The second-order valence-corrected chi connectivity index (χ2v) is 4.80. The first kappa shape index (κ1) is 13.4. The van der Waals surface area contributed by atoms with Crippen LogP contribution >= 0.6 is 0 Å². The van der Waals surface area contributed by atoms with Gasteiger partial charge in [-0.2, -0.15) is 0 Å². The van der Waals surface area contributed by atoms with Crippen molar-refractivity contribution in [1.29, 1.82) is 0 Å². The molecule has 0 unspecified atom stereocenters. The Labute approximate surface area is 87.9 Å². The van der Waals surface area contributed by atoms with Gasteiger partial charge in [0, 0.05) is 18.4 Å². The van der Waals surface area contributed by atoms with Gasteiger partial charge in [-0.3, -0.25) is 4.79 Å². The lowest BCUT2D eigenvalue weighted by Crippen LogP contribution is -3.05. The quantitative estimate of drug-likeness (QED) is 0.586. The van der Waals surface area contributed by atoms with E-state index in [9.17, 15) is 4.79 Å². The third-order valence-corrected chi connectivity index (χ3v) is 2.64. The molecule has 0 fully saturated rings. The summed E-state index contributed by atoms with van der Waals surface area (Å²) in [6.45, 7) is 7.92. The highest BCUT2D eigenvalue weighted by atomic mass is 16.2. The van der Waals surface area contributed by atoms with Crippen molar-refractivity contribution in [3.8, 4) is 0 Å². The Hall–Kier alpha value is -0.570. The highest BCUT2D eigenvalue weighted by molar-refractivity contribution is 5.81. The van der Waals surface area contributed by atoms with Gasteiger partial charge in [-0.1, -0.05) is 20.8 Å². The summed E-state index contributed by atoms with van der Waals surface area (Å²) in [4.78, 5) is 13.0. The monoisotopic (exact) mass is 201 g/mol. The van der Waals surface area contributed by atoms with Crippen molar-refractivity contribution in [3.63, 3.8) is 0 Å². The molecule has 14 heavy (non-hydrogen) atoms. The fourth-order valence-electron chi connectivity index (χ4n) is 1.04. The zero-order valence-electron chi connectivity index (χ0n) is 10.2. The van der Waals surface area contributed by atoms with Crippen LogP contribution in [0.15, 0.2) is 0 Å². The molecule has 0 saturated carbocycles. The van der Waals surface area contributed by atoms with E-state index >= 15 is 0 Å². The third kappa shape index (κ3) is 5.22. The zero-order chi connectivity index (χ0) is 11.2. The Morgan fingerprint density at radius 1 is 1.36 bits per heavy atom. The molecule has 3 heteroatoms. The summed E-state index contributed by atoms with van der Waals surface area (Å²) in [7, 11) is 4.25. The number of hydrogen-bond acceptors (Lipinski definition) is 1. The molecule has 0 saturated heterocycles. The Kier molecular flexibility index (Phi) is 5.77. The summed E-state index contributed by atoms with van der Waals surface area (Å²) in [5.41, 5.74) is -0.217. The van der Waals surface area contributed by atoms with E-state index in [1.54, 1.807) is 0 Å². The number of rotatable bonds is 6. The molecule has 0 atom stereocenters. The molecule has 0 rings (SSSR count). The Bertz CT molecular complexity index is 176. The molecule has 0 bridgehead atoms. The highest BCUT2D eigenvalue weighted by Gasteiger charge is 2.24. The fourth-order valence-corrected chi connectivity index (χ4v) is 1.04. The number of carbonyl (C=O) groups excluding carboxylic acids is 1. The van der Waals surface area contributed by atoms with Gasteiger partial charge in [0.05, 0.1) is 20.6 Å². The van der Waals surface area contributed by atoms with Gasteiger partial charge in [0.15, 0.2) is 0 Å². The van der Waals surface area contributed by atoms with Gasteiger partial charge in [0.1, 0.15) is 0 Å². The van der Waals surface area contributed by atoms with E-state index in [0.29, 0.717) is 0 Å². The maximum absolute atomic E-state index is 11.6. The first-order valence-corrected chi connectivity index (χ1v) is 5.47. The lowest BCUT2D eigenvalue weighted by molar-refractivity contribution is -0.858. The summed E-state index contributed by atoms with van der Waals surface area (Å²) in [5, 5.41) is 2.98. The van der Waals surface area contributed by atoms with Gasteiger partial charge < -0.3 is 10.2 Å². The molecular formula is C11H25N2O+. The smallest absolute Gasteiger partial charge is 0.225 e. The minimum atomic E-state index is -0.217. The van der Waals surface area contributed by atoms with Crippen molar-refractivity contribution < 1.29 is 9.69 Å². The van der Waals surface area contributed by atoms with Gasteiger partial charge in [-0.05, 0) is 6.42 Å². The first-order chi connectivity index (χ1) is 6.40. The van der Waals surface area contributed by atoms with Gasteiger partial charge in [0.25, 0.3) is 0 Å². The van der Waals surface area contributed by atoms with Gasteiger partial charge >= 0.3 is 0 Å². The maximum atomic E-state index is 11.6. The molecule has 0 spiro atoms. The second kappa shape index (κ2) is 6.02. The van der Waals surface area contributed by atoms with Crippen LogP contribution in [-0.4, -0.2) is 33.1 Å². The molecule has 0 aromatic carbocycles. The van der Waals surface area contributed by atoms with Crippen LogP contribution in [0, 0.1) is 5.41 Å². The fraction of sp³-hybridized carbons (Fsp3) is 0.909. The van der Waals surface area contributed by atoms with E-state index in [-0.39, 0.29) is 11.3 Å². The number of carbonyl (C=O) groups is 1. The third-order valence-electron chi connectivity index (χ3n) is 2.64. The predicted molar refractivity (Wildman–Crippen MR) is 59.4 cm³/mol. The van der Waals surface area contributed by atoms with Gasteiger partial charge in [-0.25, -0.2) is 0 Å². The van der Waals surface area contributed by atoms with Gasteiger partial charge in [-0.15, -0.1) is 0 Å². The normalized spacial score (nSPS) is 11.9. The minimum Gasteiger partial charge on any atom is -0.355 e. The molecule has 2 N–H and O–H groups in total. The van der Waals surface area contributed by atoms with Crippen LogP contribution < -0.4 is 10.2 Å². The van der Waals surface area contributed by atoms with Crippen LogP contribution in [0.1, 0.15) is 33.6 Å². The van der Waals surface area contributed by atoms with Crippen molar-refractivity contribution in [3.05, 3.63) is 0 Å². The summed E-state index contributed by atoms with van der Waals surface area (Å²) in [6, 6.07) is 0. The van der Waals surface area contributed by atoms with Crippen molar-refractivity contribution >= 4 is 5.91 Å². The van der Waals surface area contributed by atoms with Crippen molar-refractivity contribution in [2.75, 3.05) is 27.2 Å². The molecule has 3 nitrogen and oxygen atoms in total.